The van der Waals surface area contributed by atoms with Gasteiger partial charge in [-0.3, -0.25) is 0 Å². The normalized spacial score (nSPS) is 11.4. The van der Waals surface area contributed by atoms with Gasteiger partial charge in [-0.2, -0.15) is 0 Å². The van der Waals surface area contributed by atoms with Crippen molar-refractivity contribution in [2.24, 2.45) is 0 Å². The molecule has 0 unspecified atom stereocenters. The molecule has 2 aromatic rings. The zero-order chi connectivity index (χ0) is 19.0. The standard InChI is InChI=1S/C25H41NO/c1-2-3-4-5-6-7-8-9-10-11-12-13-14-15-16-17-22-25-26-23-20-18-19-21-24(23)27-25/h18-21H,2-17,22H2,1H3. The quantitative estimate of drug-likeness (QED) is 0.260. The maximum absolute atomic E-state index is 5.78. The lowest BCUT2D eigenvalue weighted by molar-refractivity contribution is 0.499. The predicted molar refractivity (Wildman–Crippen MR) is 117 cm³/mol. The Morgan fingerprint density at radius 2 is 1.11 bits per heavy atom. The first-order valence-corrected chi connectivity index (χ1v) is 11.7. The fraction of sp³-hybridized carbons (Fsp3) is 0.720. The maximum Gasteiger partial charge on any atom is 0.195 e. The first-order chi connectivity index (χ1) is 13.4. The zero-order valence-electron chi connectivity index (χ0n) is 17.7. The van der Waals surface area contributed by atoms with Gasteiger partial charge in [0.05, 0.1) is 0 Å². The van der Waals surface area contributed by atoms with E-state index in [0.29, 0.717) is 0 Å². The molecular formula is C25H41NO. The Bertz CT molecular complexity index is 556. The van der Waals surface area contributed by atoms with Crippen LogP contribution in [0.3, 0.4) is 0 Å². The van der Waals surface area contributed by atoms with Crippen molar-refractivity contribution in [1.82, 2.24) is 4.98 Å². The van der Waals surface area contributed by atoms with Crippen LogP contribution in [0.25, 0.3) is 11.1 Å². The Balaban J connectivity index is 1.32. The van der Waals surface area contributed by atoms with Gasteiger partial charge in [-0.1, -0.05) is 115 Å². The van der Waals surface area contributed by atoms with E-state index in [1.54, 1.807) is 0 Å². The molecule has 0 aliphatic carbocycles. The second-order valence-electron chi connectivity index (χ2n) is 8.13. The molecule has 0 amide bonds. The summed E-state index contributed by atoms with van der Waals surface area (Å²) in [6, 6.07) is 8.05. The lowest BCUT2D eigenvalue weighted by Gasteiger charge is -2.03. The number of nitrogens with zero attached hydrogens (tertiary/aromatic N) is 1. The number of hydrogen-bond acceptors (Lipinski definition) is 2. The van der Waals surface area contributed by atoms with Crippen molar-refractivity contribution in [2.45, 2.75) is 116 Å². The highest BCUT2D eigenvalue weighted by Gasteiger charge is 2.04. The van der Waals surface area contributed by atoms with Crippen molar-refractivity contribution in [3.8, 4) is 0 Å². The van der Waals surface area contributed by atoms with Crippen molar-refractivity contribution < 1.29 is 4.42 Å². The van der Waals surface area contributed by atoms with Gasteiger partial charge in [0.2, 0.25) is 0 Å². The summed E-state index contributed by atoms with van der Waals surface area (Å²) in [5.41, 5.74) is 1.91. The van der Waals surface area contributed by atoms with Crippen LogP contribution in [0.5, 0.6) is 0 Å². The minimum atomic E-state index is 0.904. The Morgan fingerprint density at radius 1 is 0.630 bits per heavy atom. The average molecular weight is 372 g/mol. The summed E-state index contributed by atoms with van der Waals surface area (Å²) in [5.74, 6) is 0.904. The van der Waals surface area contributed by atoms with Gasteiger partial charge in [0.1, 0.15) is 5.52 Å². The molecule has 0 saturated carbocycles. The smallest absolute Gasteiger partial charge is 0.195 e. The van der Waals surface area contributed by atoms with Crippen LogP contribution in [0.1, 0.15) is 116 Å². The zero-order valence-corrected chi connectivity index (χ0v) is 17.7. The van der Waals surface area contributed by atoms with E-state index in [-0.39, 0.29) is 0 Å². The highest BCUT2D eigenvalue weighted by Crippen LogP contribution is 2.17. The van der Waals surface area contributed by atoms with E-state index in [4.69, 9.17) is 4.42 Å². The third-order valence-electron chi connectivity index (χ3n) is 5.58. The van der Waals surface area contributed by atoms with Crippen molar-refractivity contribution in [3.63, 3.8) is 0 Å². The lowest BCUT2D eigenvalue weighted by Crippen LogP contribution is -1.86. The molecule has 1 heterocycles. The molecule has 0 aliphatic heterocycles. The molecule has 0 fully saturated rings. The summed E-state index contributed by atoms with van der Waals surface area (Å²) in [5, 5.41) is 0. The van der Waals surface area contributed by atoms with Gasteiger partial charge in [-0.25, -0.2) is 4.98 Å². The molecule has 0 aliphatic rings. The number of unbranched alkanes of at least 4 members (excludes halogenated alkanes) is 15. The number of aryl methyl sites for hydroxylation is 1. The molecule has 27 heavy (non-hydrogen) atoms. The highest BCUT2D eigenvalue weighted by atomic mass is 16.3. The molecule has 0 atom stereocenters. The Kier molecular flexibility index (Phi) is 12.0. The first kappa shape index (κ1) is 22.0. The van der Waals surface area contributed by atoms with Crippen LogP contribution >= 0.6 is 0 Å². The van der Waals surface area contributed by atoms with Crippen LogP contribution in [-0.4, -0.2) is 4.98 Å². The van der Waals surface area contributed by atoms with E-state index in [1.165, 1.54) is 103 Å². The van der Waals surface area contributed by atoms with E-state index in [9.17, 15) is 0 Å². The molecule has 1 aromatic heterocycles. The number of rotatable bonds is 17. The summed E-state index contributed by atoms with van der Waals surface area (Å²) < 4.78 is 5.78. The molecule has 0 radical (unpaired) electrons. The van der Waals surface area contributed by atoms with E-state index < -0.39 is 0 Å². The van der Waals surface area contributed by atoms with Crippen LogP contribution in [0.4, 0.5) is 0 Å². The summed E-state index contributed by atoms with van der Waals surface area (Å²) in [7, 11) is 0. The Labute approximate surface area is 167 Å². The minimum absolute atomic E-state index is 0.904. The maximum atomic E-state index is 5.78. The number of benzene rings is 1. The van der Waals surface area contributed by atoms with Gasteiger partial charge < -0.3 is 4.42 Å². The Morgan fingerprint density at radius 3 is 1.63 bits per heavy atom. The Hall–Kier alpha value is -1.31. The second-order valence-corrected chi connectivity index (χ2v) is 8.13. The third kappa shape index (κ3) is 9.98. The van der Waals surface area contributed by atoms with Crippen LogP contribution in [0, 0.1) is 0 Å². The van der Waals surface area contributed by atoms with E-state index >= 15 is 0 Å². The molecule has 152 valence electrons. The highest BCUT2D eigenvalue weighted by molar-refractivity contribution is 5.72. The number of fused-ring (bicyclic) bond motifs is 1. The predicted octanol–water partition coefficient (Wildman–Crippen LogP) is 8.63. The summed E-state index contributed by atoms with van der Waals surface area (Å²) in [6.07, 6.45) is 23.5. The van der Waals surface area contributed by atoms with Gasteiger partial charge in [0.15, 0.2) is 11.5 Å². The molecule has 0 bridgehead atoms. The summed E-state index contributed by atoms with van der Waals surface area (Å²) >= 11 is 0. The summed E-state index contributed by atoms with van der Waals surface area (Å²) in [6.45, 7) is 2.29. The molecule has 2 nitrogen and oxygen atoms in total. The molecule has 2 rings (SSSR count). The van der Waals surface area contributed by atoms with Gasteiger partial charge in [0.25, 0.3) is 0 Å². The molecule has 1 aromatic carbocycles. The van der Waals surface area contributed by atoms with E-state index in [0.717, 1.165) is 23.4 Å². The van der Waals surface area contributed by atoms with Crippen LogP contribution in [0.2, 0.25) is 0 Å². The fourth-order valence-corrected chi connectivity index (χ4v) is 3.85. The molecule has 0 spiro atoms. The van der Waals surface area contributed by atoms with Gasteiger partial charge in [-0.15, -0.1) is 0 Å². The van der Waals surface area contributed by atoms with Crippen molar-refractivity contribution in [2.75, 3.05) is 0 Å². The monoisotopic (exact) mass is 371 g/mol. The third-order valence-corrected chi connectivity index (χ3v) is 5.58. The van der Waals surface area contributed by atoms with Crippen molar-refractivity contribution >= 4 is 11.1 Å². The van der Waals surface area contributed by atoms with Crippen molar-refractivity contribution in [1.29, 1.82) is 0 Å². The lowest BCUT2D eigenvalue weighted by atomic mass is 10.0. The fourth-order valence-electron chi connectivity index (χ4n) is 3.85. The first-order valence-electron chi connectivity index (χ1n) is 11.7. The van der Waals surface area contributed by atoms with E-state index in [2.05, 4.69) is 11.9 Å². The number of oxazole rings is 1. The van der Waals surface area contributed by atoms with Crippen LogP contribution in [-0.2, 0) is 6.42 Å². The van der Waals surface area contributed by atoms with Crippen LogP contribution < -0.4 is 0 Å². The SMILES string of the molecule is CCCCCCCCCCCCCCCCCCc1nc2ccccc2o1. The number of aromatic nitrogens is 1. The second kappa shape index (κ2) is 14.7. The molecule has 0 saturated heterocycles. The minimum Gasteiger partial charge on any atom is -0.441 e. The van der Waals surface area contributed by atoms with Gasteiger partial charge in [0, 0.05) is 6.42 Å². The molecule has 2 heteroatoms. The summed E-state index contributed by atoms with van der Waals surface area (Å²) in [4.78, 5) is 4.55. The van der Waals surface area contributed by atoms with Crippen molar-refractivity contribution in [3.05, 3.63) is 30.2 Å². The average Bonchev–Trinajstić information content (AvgIpc) is 3.10. The number of hydrogen-bond donors (Lipinski definition) is 0. The molecular weight excluding hydrogens is 330 g/mol. The van der Waals surface area contributed by atoms with Crippen LogP contribution in [0.15, 0.2) is 28.7 Å². The number of para-hydroxylation sites is 2. The van der Waals surface area contributed by atoms with Gasteiger partial charge >= 0.3 is 0 Å². The topological polar surface area (TPSA) is 26.0 Å². The van der Waals surface area contributed by atoms with E-state index in [1.807, 2.05) is 24.3 Å². The molecule has 0 N–H and O–H groups in total. The largest absolute Gasteiger partial charge is 0.441 e. The van der Waals surface area contributed by atoms with Gasteiger partial charge in [-0.05, 0) is 18.6 Å².